The molecule has 0 aliphatic rings. The maximum absolute atomic E-state index is 5.00. The first-order valence-corrected chi connectivity index (χ1v) is 6.78. The number of nitrogens with one attached hydrogen (secondary N) is 1. The fourth-order valence-corrected chi connectivity index (χ4v) is 2.18. The lowest BCUT2D eigenvalue weighted by molar-refractivity contribution is 0.210. The molecule has 0 radical (unpaired) electrons. The molecule has 4 nitrogen and oxygen atoms in total. The molecule has 0 fully saturated rings. The first-order chi connectivity index (χ1) is 7.79. The van der Waals surface area contributed by atoms with Crippen molar-refractivity contribution in [2.45, 2.75) is 19.9 Å². The number of rotatable bonds is 8. The van der Waals surface area contributed by atoms with Gasteiger partial charge in [0.1, 0.15) is 0 Å². The average molecular weight is 243 g/mol. The summed E-state index contributed by atoms with van der Waals surface area (Å²) in [5.74, 6) is 3.21. The SMILES string of the molecule is CCSCC(C)n1ccnc1NCCOC. The summed E-state index contributed by atoms with van der Waals surface area (Å²) < 4.78 is 7.18. The number of hydrogen-bond acceptors (Lipinski definition) is 4. The molecule has 1 unspecified atom stereocenters. The quantitative estimate of drug-likeness (QED) is 0.711. The third-order valence-corrected chi connectivity index (χ3v) is 3.42. The van der Waals surface area contributed by atoms with Crippen LogP contribution in [0.3, 0.4) is 0 Å². The number of anilines is 1. The van der Waals surface area contributed by atoms with Gasteiger partial charge in [0.25, 0.3) is 0 Å². The summed E-state index contributed by atoms with van der Waals surface area (Å²) >= 11 is 1.95. The Morgan fingerprint density at radius 1 is 1.62 bits per heavy atom. The van der Waals surface area contributed by atoms with Gasteiger partial charge in [-0.05, 0) is 12.7 Å². The Morgan fingerprint density at radius 3 is 3.12 bits per heavy atom. The lowest BCUT2D eigenvalue weighted by Gasteiger charge is -2.16. The van der Waals surface area contributed by atoms with E-state index in [-0.39, 0.29) is 0 Å². The topological polar surface area (TPSA) is 39.1 Å². The van der Waals surface area contributed by atoms with Crippen molar-refractivity contribution in [2.75, 3.05) is 37.1 Å². The van der Waals surface area contributed by atoms with Crippen molar-refractivity contribution < 1.29 is 4.74 Å². The van der Waals surface area contributed by atoms with Gasteiger partial charge in [0.05, 0.1) is 6.61 Å². The summed E-state index contributed by atoms with van der Waals surface area (Å²) in [4.78, 5) is 4.30. The predicted molar refractivity (Wildman–Crippen MR) is 70.3 cm³/mol. The first kappa shape index (κ1) is 13.4. The number of ether oxygens (including phenoxy) is 1. The van der Waals surface area contributed by atoms with Gasteiger partial charge in [-0.25, -0.2) is 4.98 Å². The molecule has 5 heteroatoms. The molecule has 0 aliphatic heterocycles. The third kappa shape index (κ3) is 4.06. The first-order valence-electron chi connectivity index (χ1n) is 5.63. The van der Waals surface area contributed by atoms with Crippen molar-refractivity contribution in [3.63, 3.8) is 0 Å². The fourth-order valence-electron chi connectivity index (χ4n) is 1.44. The van der Waals surface area contributed by atoms with E-state index >= 15 is 0 Å². The Kier molecular flexibility index (Phi) is 6.33. The zero-order valence-corrected chi connectivity index (χ0v) is 11.1. The van der Waals surface area contributed by atoms with E-state index in [1.165, 1.54) is 0 Å². The van der Waals surface area contributed by atoms with E-state index in [0.29, 0.717) is 12.6 Å². The van der Waals surface area contributed by atoms with Crippen LogP contribution in [0.15, 0.2) is 12.4 Å². The molecule has 92 valence electrons. The molecule has 0 spiro atoms. The number of nitrogens with zero attached hydrogens (tertiary/aromatic N) is 2. The Bertz CT molecular complexity index is 291. The number of hydrogen-bond donors (Lipinski definition) is 1. The minimum atomic E-state index is 0.470. The molecule has 1 atom stereocenters. The van der Waals surface area contributed by atoms with E-state index < -0.39 is 0 Å². The standard InChI is InChI=1S/C11H21N3OS/c1-4-16-9-10(2)14-7-5-12-11(14)13-6-8-15-3/h5,7,10H,4,6,8-9H2,1-3H3,(H,12,13). The van der Waals surface area contributed by atoms with Crippen LogP contribution in [0, 0.1) is 0 Å². The van der Waals surface area contributed by atoms with E-state index in [1.54, 1.807) is 7.11 Å². The van der Waals surface area contributed by atoms with E-state index in [9.17, 15) is 0 Å². The summed E-state index contributed by atoms with van der Waals surface area (Å²) in [6.45, 7) is 5.89. The van der Waals surface area contributed by atoms with Crippen LogP contribution in [0.4, 0.5) is 5.95 Å². The molecular formula is C11H21N3OS. The molecule has 1 rings (SSSR count). The van der Waals surface area contributed by atoms with Crippen LogP contribution in [0.25, 0.3) is 0 Å². The maximum Gasteiger partial charge on any atom is 0.203 e. The van der Waals surface area contributed by atoms with Crippen molar-refractivity contribution in [1.29, 1.82) is 0 Å². The van der Waals surface area contributed by atoms with Crippen molar-refractivity contribution in [2.24, 2.45) is 0 Å². The van der Waals surface area contributed by atoms with Crippen molar-refractivity contribution in [1.82, 2.24) is 9.55 Å². The second-order valence-corrected chi connectivity index (χ2v) is 4.91. The van der Waals surface area contributed by atoms with Gasteiger partial charge in [-0.1, -0.05) is 6.92 Å². The molecule has 0 aromatic carbocycles. The molecule has 0 saturated carbocycles. The summed E-state index contributed by atoms with van der Waals surface area (Å²) in [7, 11) is 1.70. The summed E-state index contributed by atoms with van der Waals surface area (Å²) in [5.41, 5.74) is 0. The minimum absolute atomic E-state index is 0.470. The highest BCUT2D eigenvalue weighted by Crippen LogP contribution is 2.17. The van der Waals surface area contributed by atoms with Crippen LogP contribution in [0.1, 0.15) is 19.9 Å². The highest BCUT2D eigenvalue weighted by molar-refractivity contribution is 7.99. The van der Waals surface area contributed by atoms with Gasteiger partial charge in [0, 0.05) is 37.8 Å². The Morgan fingerprint density at radius 2 is 2.44 bits per heavy atom. The summed E-state index contributed by atoms with van der Waals surface area (Å²) in [5, 5.41) is 3.27. The van der Waals surface area contributed by atoms with Gasteiger partial charge in [-0.3, -0.25) is 0 Å². The summed E-state index contributed by atoms with van der Waals surface area (Å²) in [6.07, 6.45) is 3.86. The van der Waals surface area contributed by atoms with E-state index in [0.717, 1.165) is 24.0 Å². The van der Waals surface area contributed by atoms with Crippen LogP contribution in [0.2, 0.25) is 0 Å². The van der Waals surface area contributed by atoms with Gasteiger partial charge in [-0.15, -0.1) is 0 Å². The zero-order valence-electron chi connectivity index (χ0n) is 10.3. The molecule has 1 aromatic rings. The van der Waals surface area contributed by atoms with Crippen LogP contribution >= 0.6 is 11.8 Å². The molecule has 0 amide bonds. The highest BCUT2D eigenvalue weighted by atomic mass is 32.2. The lowest BCUT2D eigenvalue weighted by atomic mass is 10.4. The number of thioether (sulfide) groups is 1. The van der Waals surface area contributed by atoms with Gasteiger partial charge >= 0.3 is 0 Å². The highest BCUT2D eigenvalue weighted by Gasteiger charge is 2.08. The molecule has 1 heterocycles. The number of aromatic nitrogens is 2. The Labute approximate surface area is 102 Å². The molecule has 0 bridgehead atoms. The van der Waals surface area contributed by atoms with Crippen molar-refractivity contribution in [3.8, 4) is 0 Å². The smallest absolute Gasteiger partial charge is 0.203 e. The third-order valence-electron chi connectivity index (χ3n) is 2.30. The molecule has 16 heavy (non-hydrogen) atoms. The van der Waals surface area contributed by atoms with Crippen LogP contribution in [0.5, 0.6) is 0 Å². The van der Waals surface area contributed by atoms with Gasteiger partial charge in [0.2, 0.25) is 5.95 Å². The van der Waals surface area contributed by atoms with Gasteiger partial charge in [0.15, 0.2) is 0 Å². The van der Waals surface area contributed by atoms with Crippen LogP contribution < -0.4 is 5.32 Å². The maximum atomic E-state index is 5.00. The largest absolute Gasteiger partial charge is 0.383 e. The monoisotopic (exact) mass is 243 g/mol. The second-order valence-electron chi connectivity index (χ2n) is 3.59. The Balaban J connectivity index is 2.48. The number of imidazole rings is 1. The van der Waals surface area contributed by atoms with Crippen LogP contribution in [-0.2, 0) is 4.74 Å². The predicted octanol–water partition coefficient (Wildman–Crippen LogP) is 2.26. The van der Waals surface area contributed by atoms with E-state index in [1.807, 2.05) is 24.2 Å². The molecule has 0 saturated heterocycles. The van der Waals surface area contributed by atoms with Gasteiger partial charge < -0.3 is 14.6 Å². The summed E-state index contributed by atoms with van der Waals surface area (Å²) in [6, 6.07) is 0.470. The average Bonchev–Trinajstić information content (AvgIpc) is 2.74. The molecular weight excluding hydrogens is 222 g/mol. The fraction of sp³-hybridized carbons (Fsp3) is 0.727. The normalized spacial score (nSPS) is 12.7. The van der Waals surface area contributed by atoms with E-state index in [4.69, 9.17) is 4.74 Å². The van der Waals surface area contributed by atoms with E-state index in [2.05, 4.69) is 28.7 Å². The molecule has 0 aliphatic carbocycles. The molecule has 1 N–H and O–H groups in total. The van der Waals surface area contributed by atoms with Crippen molar-refractivity contribution >= 4 is 17.7 Å². The molecule has 1 aromatic heterocycles. The Hall–Kier alpha value is -0.680. The number of methoxy groups -OCH3 is 1. The second kappa shape index (κ2) is 7.57. The van der Waals surface area contributed by atoms with Crippen molar-refractivity contribution in [3.05, 3.63) is 12.4 Å². The lowest BCUT2D eigenvalue weighted by Crippen LogP contribution is -2.15. The minimum Gasteiger partial charge on any atom is -0.383 e. The van der Waals surface area contributed by atoms with Gasteiger partial charge in [-0.2, -0.15) is 11.8 Å². The van der Waals surface area contributed by atoms with Crippen LogP contribution in [-0.4, -0.2) is 41.3 Å². The zero-order chi connectivity index (χ0) is 11.8.